The molecular weight excluding hydrogens is 264 g/mol. The number of carbonyl (C=O) groups is 1. The Morgan fingerprint density at radius 2 is 1.95 bits per heavy atom. The number of rotatable bonds is 5. The number of amides is 1. The highest BCUT2D eigenvalue weighted by molar-refractivity contribution is 5.81. The van der Waals surface area contributed by atoms with E-state index < -0.39 is 0 Å². The monoisotopic (exact) mass is 296 g/mol. The molecule has 1 aliphatic heterocycles. The van der Waals surface area contributed by atoms with Crippen LogP contribution in [0.15, 0.2) is 4.99 Å². The van der Waals surface area contributed by atoms with Crippen LogP contribution in [-0.2, 0) is 4.79 Å². The number of hydrogen-bond donors (Lipinski definition) is 2. The van der Waals surface area contributed by atoms with Crippen LogP contribution in [0.3, 0.4) is 0 Å². The lowest BCUT2D eigenvalue weighted by Gasteiger charge is -2.37. The molecule has 122 valence electrons. The van der Waals surface area contributed by atoms with E-state index in [4.69, 9.17) is 0 Å². The van der Waals surface area contributed by atoms with E-state index in [0.717, 1.165) is 25.5 Å². The standard InChI is InChI=1S/C16H32N4O/c1-6-14(4)19-15(21)7-8-18-16(17-5)20-10-12(2)9-13(3)11-20/h12-14H,6-11H2,1-5H3,(H,17,18)(H,19,21). The second-order valence-electron chi connectivity index (χ2n) is 6.45. The first-order valence-electron chi connectivity index (χ1n) is 8.21. The Morgan fingerprint density at radius 3 is 2.48 bits per heavy atom. The van der Waals surface area contributed by atoms with E-state index >= 15 is 0 Å². The van der Waals surface area contributed by atoms with Gasteiger partial charge < -0.3 is 15.5 Å². The first kappa shape index (κ1) is 17.8. The number of hydrogen-bond acceptors (Lipinski definition) is 2. The van der Waals surface area contributed by atoms with Crippen molar-refractivity contribution in [3.63, 3.8) is 0 Å². The van der Waals surface area contributed by atoms with Crippen LogP contribution >= 0.6 is 0 Å². The van der Waals surface area contributed by atoms with Crippen LogP contribution in [0.25, 0.3) is 0 Å². The Hall–Kier alpha value is -1.26. The van der Waals surface area contributed by atoms with Gasteiger partial charge in [0.05, 0.1) is 0 Å². The lowest BCUT2D eigenvalue weighted by atomic mass is 9.92. The molecule has 0 spiro atoms. The molecule has 1 rings (SSSR count). The molecule has 1 heterocycles. The zero-order chi connectivity index (χ0) is 15.8. The minimum absolute atomic E-state index is 0.104. The van der Waals surface area contributed by atoms with E-state index in [0.29, 0.717) is 24.8 Å². The second-order valence-corrected chi connectivity index (χ2v) is 6.45. The summed E-state index contributed by atoms with van der Waals surface area (Å²) >= 11 is 0. The first-order chi connectivity index (χ1) is 9.96. The summed E-state index contributed by atoms with van der Waals surface area (Å²) in [7, 11) is 1.81. The van der Waals surface area contributed by atoms with Gasteiger partial charge in [-0.15, -0.1) is 0 Å². The maximum atomic E-state index is 11.8. The number of guanidine groups is 1. The van der Waals surface area contributed by atoms with E-state index in [1.54, 1.807) is 0 Å². The molecule has 1 aliphatic rings. The molecule has 1 amide bonds. The quantitative estimate of drug-likeness (QED) is 0.601. The Kier molecular flexibility index (Phi) is 7.54. The molecule has 0 radical (unpaired) electrons. The van der Waals surface area contributed by atoms with E-state index in [1.807, 2.05) is 14.0 Å². The van der Waals surface area contributed by atoms with Crippen molar-refractivity contribution in [1.82, 2.24) is 15.5 Å². The van der Waals surface area contributed by atoms with Gasteiger partial charge in [0.1, 0.15) is 0 Å². The minimum atomic E-state index is 0.104. The maximum absolute atomic E-state index is 11.8. The van der Waals surface area contributed by atoms with Crippen LogP contribution in [0, 0.1) is 11.8 Å². The lowest BCUT2D eigenvalue weighted by Crippen LogP contribution is -2.49. The fourth-order valence-corrected chi connectivity index (χ4v) is 2.91. The normalized spacial score (nSPS) is 24.6. The third-order valence-electron chi connectivity index (χ3n) is 4.04. The van der Waals surface area contributed by atoms with Crippen LogP contribution in [-0.4, -0.2) is 49.5 Å². The number of nitrogens with one attached hydrogen (secondary N) is 2. The number of likely N-dealkylation sites (tertiary alicyclic amines) is 1. The summed E-state index contributed by atoms with van der Waals surface area (Å²) in [6.45, 7) is 11.4. The van der Waals surface area contributed by atoms with Crippen molar-refractivity contribution >= 4 is 11.9 Å². The van der Waals surface area contributed by atoms with Crippen molar-refractivity contribution in [3.05, 3.63) is 0 Å². The summed E-state index contributed by atoms with van der Waals surface area (Å²) in [6.07, 6.45) is 2.73. The van der Waals surface area contributed by atoms with Gasteiger partial charge in [-0.3, -0.25) is 9.79 Å². The van der Waals surface area contributed by atoms with Crippen molar-refractivity contribution in [1.29, 1.82) is 0 Å². The molecule has 0 aromatic rings. The third kappa shape index (κ3) is 6.36. The predicted octanol–water partition coefficient (Wildman–Crippen LogP) is 1.84. The lowest BCUT2D eigenvalue weighted by molar-refractivity contribution is -0.121. The molecule has 0 aromatic carbocycles. The highest BCUT2D eigenvalue weighted by Gasteiger charge is 2.23. The summed E-state index contributed by atoms with van der Waals surface area (Å²) < 4.78 is 0. The Labute approximate surface area is 129 Å². The molecule has 21 heavy (non-hydrogen) atoms. The van der Waals surface area contributed by atoms with E-state index in [1.165, 1.54) is 6.42 Å². The average Bonchev–Trinajstić information content (AvgIpc) is 2.42. The van der Waals surface area contributed by atoms with Crippen molar-refractivity contribution in [3.8, 4) is 0 Å². The van der Waals surface area contributed by atoms with Gasteiger partial charge >= 0.3 is 0 Å². The van der Waals surface area contributed by atoms with Gasteiger partial charge in [0, 0.05) is 39.1 Å². The zero-order valence-electron chi connectivity index (χ0n) is 14.3. The topological polar surface area (TPSA) is 56.7 Å². The molecule has 0 aliphatic carbocycles. The SMILES string of the molecule is CCC(C)NC(=O)CCNC(=NC)N1CC(C)CC(C)C1. The van der Waals surface area contributed by atoms with Crippen LogP contribution < -0.4 is 10.6 Å². The van der Waals surface area contributed by atoms with Crippen molar-refractivity contribution in [2.24, 2.45) is 16.8 Å². The van der Waals surface area contributed by atoms with Gasteiger partial charge in [-0.05, 0) is 31.6 Å². The number of nitrogens with zero attached hydrogens (tertiary/aromatic N) is 2. The van der Waals surface area contributed by atoms with Crippen molar-refractivity contribution in [2.75, 3.05) is 26.7 Å². The summed E-state index contributed by atoms with van der Waals surface area (Å²) in [5.41, 5.74) is 0. The smallest absolute Gasteiger partial charge is 0.221 e. The van der Waals surface area contributed by atoms with E-state index in [2.05, 4.69) is 41.3 Å². The van der Waals surface area contributed by atoms with Gasteiger partial charge in [-0.2, -0.15) is 0 Å². The molecule has 2 N–H and O–H groups in total. The maximum Gasteiger partial charge on any atom is 0.221 e. The second kappa shape index (κ2) is 8.90. The van der Waals surface area contributed by atoms with Gasteiger partial charge in [-0.25, -0.2) is 0 Å². The Bertz CT molecular complexity index is 346. The first-order valence-corrected chi connectivity index (χ1v) is 8.21. The summed E-state index contributed by atoms with van der Waals surface area (Å²) in [5, 5.41) is 6.30. The number of carbonyl (C=O) groups excluding carboxylic acids is 1. The fraction of sp³-hybridized carbons (Fsp3) is 0.875. The Balaban J connectivity index is 2.36. The summed E-state index contributed by atoms with van der Waals surface area (Å²) in [6, 6.07) is 0.251. The van der Waals surface area contributed by atoms with Crippen molar-refractivity contribution in [2.45, 2.75) is 53.0 Å². The Morgan fingerprint density at radius 1 is 1.33 bits per heavy atom. The molecule has 0 aromatic heterocycles. The van der Waals surface area contributed by atoms with Gasteiger partial charge in [0.25, 0.3) is 0 Å². The van der Waals surface area contributed by atoms with Gasteiger partial charge in [-0.1, -0.05) is 20.8 Å². The fourth-order valence-electron chi connectivity index (χ4n) is 2.91. The summed E-state index contributed by atoms with van der Waals surface area (Å²) in [5.74, 6) is 2.42. The largest absolute Gasteiger partial charge is 0.356 e. The molecule has 1 saturated heterocycles. The van der Waals surface area contributed by atoms with E-state index in [9.17, 15) is 4.79 Å². The minimum Gasteiger partial charge on any atom is -0.356 e. The highest BCUT2D eigenvalue weighted by Crippen LogP contribution is 2.20. The molecule has 1 fully saturated rings. The molecule has 0 saturated carbocycles. The van der Waals surface area contributed by atoms with Crippen LogP contribution in [0.2, 0.25) is 0 Å². The molecular formula is C16H32N4O. The van der Waals surface area contributed by atoms with E-state index in [-0.39, 0.29) is 11.9 Å². The molecule has 3 atom stereocenters. The number of piperidine rings is 1. The van der Waals surface area contributed by atoms with Crippen LogP contribution in [0.5, 0.6) is 0 Å². The predicted molar refractivity (Wildman–Crippen MR) is 88.4 cm³/mol. The van der Waals surface area contributed by atoms with Gasteiger partial charge in [0.15, 0.2) is 5.96 Å². The summed E-state index contributed by atoms with van der Waals surface area (Å²) in [4.78, 5) is 18.4. The third-order valence-corrected chi connectivity index (χ3v) is 4.04. The van der Waals surface area contributed by atoms with Crippen LogP contribution in [0.1, 0.15) is 47.0 Å². The molecule has 3 unspecified atom stereocenters. The molecule has 0 bridgehead atoms. The van der Waals surface area contributed by atoms with Crippen LogP contribution in [0.4, 0.5) is 0 Å². The molecule has 5 heteroatoms. The van der Waals surface area contributed by atoms with Gasteiger partial charge in [0.2, 0.25) is 5.91 Å². The zero-order valence-corrected chi connectivity index (χ0v) is 14.3. The van der Waals surface area contributed by atoms with Crippen molar-refractivity contribution < 1.29 is 4.79 Å². The number of aliphatic imine (C=N–C) groups is 1. The molecule has 5 nitrogen and oxygen atoms in total. The highest BCUT2D eigenvalue weighted by atomic mass is 16.1. The average molecular weight is 296 g/mol.